The van der Waals surface area contributed by atoms with E-state index in [1.807, 2.05) is 6.07 Å². The van der Waals surface area contributed by atoms with Crippen molar-refractivity contribution in [2.45, 2.75) is 31.7 Å². The molecule has 0 radical (unpaired) electrons. The van der Waals surface area contributed by atoms with Gasteiger partial charge in [0.15, 0.2) is 0 Å². The van der Waals surface area contributed by atoms with Gasteiger partial charge in [-0.3, -0.25) is 0 Å². The maximum Gasteiger partial charge on any atom is 0.0992 e. The van der Waals surface area contributed by atoms with Gasteiger partial charge in [0.1, 0.15) is 0 Å². The number of rotatable bonds is 3. The Morgan fingerprint density at radius 1 is 1.19 bits per heavy atom. The predicted octanol–water partition coefficient (Wildman–Crippen LogP) is 4.88. The van der Waals surface area contributed by atoms with Crippen LogP contribution in [-0.4, -0.2) is 6.04 Å². The van der Waals surface area contributed by atoms with Crippen molar-refractivity contribution in [3.05, 3.63) is 64.2 Å². The summed E-state index contributed by atoms with van der Waals surface area (Å²) in [5.74, 6) is 0.638. The number of benzene rings is 2. The van der Waals surface area contributed by atoms with Gasteiger partial charge < -0.3 is 5.32 Å². The number of nitriles is 1. The van der Waals surface area contributed by atoms with Crippen molar-refractivity contribution in [1.82, 2.24) is 0 Å². The maximum atomic E-state index is 8.85. The first-order valence-electron chi connectivity index (χ1n) is 7.18. The van der Waals surface area contributed by atoms with Crippen molar-refractivity contribution < 1.29 is 0 Å². The quantitative estimate of drug-likeness (QED) is 0.876. The van der Waals surface area contributed by atoms with E-state index in [1.165, 1.54) is 11.1 Å². The molecule has 3 heteroatoms. The molecule has 2 nitrogen and oxygen atoms in total. The second-order valence-electron chi connectivity index (χ2n) is 5.73. The highest BCUT2D eigenvalue weighted by Gasteiger charge is 2.30. The zero-order valence-corrected chi connectivity index (χ0v) is 12.7. The molecule has 1 N–H and O–H groups in total. The van der Waals surface area contributed by atoms with Gasteiger partial charge in [-0.1, -0.05) is 41.4 Å². The number of nitrogens with one attached hydrogen (secondary N) is 1. The van der Waals surface area contributed by atoms with Crippen LogP contribution in [0.1, 0.15) is 35.4 Å². The molecule has 1 fully saturated rings. The molecule has 0 aliphatic heterocycles. The average Bonchev–Trinajstić information content (AvgIpc) is 2.43. The SMILES string of the molecule is Cc1cccc(C2CC(Nc3ccc(C#N)cc3Cl)C2)c1. The monoisotopic (exact) mass is 296 g/mol. The van der Waals surface area contributed by atoms with Crippen molar-refractivity contribution in [3.8, 4) is 6.07 Å². The lowest BCUT2D eigenvalue weighted by atomic mass is 9.75. The standard InChI is InChI=1S/C18H17ClN2/c1-12-3-2-4-14(7-12)15-9-16(10-15)21-18-6-5-13(11-20)8-17(18)19/h2-8,15-16,21H,9-10H2,1H3. The molecule has 0 spiro atoms. The van der Waals surface area contributed by atoms with Crippen molar-refractivity contribution in [2.24, 2.45) is 0 Å². The smallest absolute Gasteiger partial charge is 0.0992 e. The van der Waals surface area contributed by atoms with Gasteiger partial charge in [-0.2, -0.15) is 5.26 Å². The van der Waals surface area contributed by atoms with Gasteiger partial charge in [-0.15, -0.1) is 0 Å². The van der Waals surface area contributed by atoms with E-state index < -0.39 is 0 Å². The first kappa shape index (κ1) is 14.0. The molecular weight excluding hydrogens is 280 g/mol. The molecule has 0 bridgehead atoms. The lowest BCUT2D eigenvalue weighted by molar-refractivity contribution is 0.374. The van der Waals surface area contributed by atoms with Crippen LogP contribution < -0.4 is 5.32 Å². The highest BCUT2D eigenvalue weighted by atomic mass is 35.5. The number of anilines is 1. The average molecular weight is 297 g/mol. The third-order valence-electron chi connectivity index (χ3n) is 4.11. The van der Waals surface area contributed by atoms with E-state index in [0.717, 1.165) is 18.5 Å². The first-order valence-corrected chi connectivity index (χ1v) is 7.56. The second-order valence-corrected chi connectivity index (χ2v) is 6.14. The van der Waals surface area contributed by atoms with Crippen molar-refractivity contribution in [1.29, 1.82) is 5.26 Å². The van der Waals surface area contributed by atoms with Crippen LogP contribution in [0, 0.1) is 18.3 Å². The van der Waals surface area contributed by atoms with Crippen LogP contribution in [0.15, 0.2) is 42.5 Å². The van der Waals surface area contributed by atoms with Gasteiger partial charge in [0.05, 0.1) is 22.3 Å². The lowest BCUT2D eigenvalue weighted by Crippen LogP contribution is -2.34. The van der Waals surface area contributed by atoms with Crippen LogP contribution in [-0.2, 0) is 0 Å². The molecule has 0 unspecified atom stereocenters. The van der Waals surface area contributed by atoms with Gasteiger partial charge in [0.2, 0.25) is 0 Å². The fraction of sp³-hybridized carbons (Fsp3) is 0.278. The Morgan fingerprint density at radius 3 is 2.67 bits per heavy atom. The third kappa shape index (κ3) is 3.04. The van der Waals surface area contributed by atoms with Crippen molar-refractivity contribution in [2.75, 3.05) is 5.32 Å². The molecule has 0 heterocycles. The van der Waals surface area contributed by atoms with Crippen molar-refractivity contribution >= 4 is 17.3 Å². The molecule has 21 heavy (non-hydrogen) atoms. The summed E-state index contributed by atoms with van der Waals surface area (Å²) in [5.41, 5.74) is 4.26. The van der Waals surface area contributed by atoms with Crippen LogP contribution in [0.4, 0.5) is 5.69 Å². The van der Waals surface area contributed by atoms with E-state index in [-0.39, 0.29) is 0 Å². The normalized spacial score (nSPS) is 20.4. The topological polar surface area (TPSA) is 35.8 Å². The van der Waals surface area contributed by atoms with E-state index >= 15 is 0 Å². The highest BCUT2D eigenvalue weighted by molar-refractivity contribution is 6.33. The zero-order chi connectivity index (χ0) is 14.8. The largest absolute Gasteiger partial charge is 0.381 e. The van der Waals surface area contributed by atoms with Gasteiger partial charge in [-0.25, -0.2) is 0 Å². The number of hydrogen-bond donors (Lipinski definition) is 1. The molecule has 1 saturated carbocycles. The van der Waals surface area contributed by atoms with Gasteiger partial charge in [0, 0.05) is 6.04 Å². The van der Waals surface area contributed by atoms with Crippen LogP contribution in [0.2, 0.25) is 5.02 Å². The lowest BCUT2D eigenvalue weighted by Gasteiger charge is -2.37. The zero-order valence-electron chi connectivity index (χ0n) is 11.9. The molecule has 3 rings (SSSR count). The molecule has 1 aliphatic rings. The Labute approximate surface area is 130 Å². The number of aryl methyl sites for hydroxylation is 1. The van der Waals surface area contributed by atoms with Crippen LogP contribution in [0.3, 0.4) is 0 Å². The minimum absolute atomic E-state index is 0.459. The summed E-state index contributed by atoms with van der Waals surface area (Å²) in [6.07, 6.45) is 2.25. The number of hydrogen-bond acceptors (Lipinski definition) is 2. The molecule has 0 aromatic heterocycles. The predicted molar refractivity (Wildman–Crippen MR) is 86.7 cm³/mol. The summed E-state index contributed by atoms with van der Waals surface area (Å²) in [6, 6.07) is 16.7. The van der Waals surface area contributed by atoms with Gasteiger partial charge in [-0.05, 0) is 49.4 Å². The third-order valence-corrected chi connectivity index (χ3v) is 4.42. The first-order chi connectivity index (χ1) is 10.2. The van der Waals surface area contributed by atoms with Crippen LogP contribution >= 0.6 is 11.6 Å². The summed E-state index contributed by atoms with van der Waals surface area (Å²) < 4.78 is 0. The van der Waals surface area contributed by atoms with E-state index in [4.69, 9.17) is 16.9 Å². The van der Waals surface area contributed by atoms with Gasteiger partial charge in [0.25, 0.3) is 0 Å². The van der Waals surface area contributed by atoms with Crippen molar-refractivity contribution in [3.63, 3.8) is 0 Å². The molecule has 2 aromatic carbocycles. The maximum absolute atomic E-state index is 8.85. The van der Waals surface area contributed by atoms with E-state index in [2.05, 4.69) is 42.6 Å². The van der Waals surface area contributed by atoms with E-state index in [0.29, 0.717) is 22.5 Å². The summed E-state index contributed by atoms with van der Waals surface area (Å²) >= 11 is 6.19. The fourth-order valence-electron chi connectivity index (χ4n) is 2.85. The van der Waals surface area contributed by atoms with E-state index in [1.54, 1.807) is 12.1 Å². The molecule has 2 aromatic rings. The van der Waals surface area contributed by atoms with Gasteiger partial charge >= 0.3 is 0 Å². The molecular formula is C18H17ClN2. The molecule has 0 atom stereocenters. The summed E-state index contributed by atoms with van der Waals surface area (Å²) in [7, 11) is 0. The summed E-state index contributed by atoms with van der Waals surface area (Å²) in [6.45, 7) is 2.13. The second kappa shape index (κ2) is 5.79. The van der Waals surface area contributed by atoms with E-state index in [9.17, 15) is 0 Å². The number of nitrogens with zero attached hydrogens (tertiary/aromatic N) is 1. The Hall–Kier alpha value is -1.98. The summed E-state index contributed by atoms with van der Waals surface area (Å²) in [4.78, 5) is 0. The Bertz CT molecular complexity index is 697. The Kier molecular flexibility index (Phi) is 3.86. The fourth-order valence-corrected chi connectivity index (χ4v) is 3.09. The van der Waals surface area contributed by atoms with Crippen LogP contribution in [0.5, 0.6) is 0 Å². The van der Waals surface area contributed by atoms with Crippen LogP contribution in [0.25, 0.3) is 0 Å². The Morgan fingerprint density at radius 2 is 2.00 bits per heavy atom. The molecule has 1 aliphatic carbocycles. The highest BCUT2D eigenvalue weighted by Crippen LogP contribution is 2.39. The molecule has 106 valence electrons. The minimum atomic E-state index is 0.459. The molecule has 0 saturated heterocycles. The summed E-state index contributed by atoms with van der Waals surface area (Å²) in [5, 5.41) is 12.9. The minimum Gasteiger partial charge on any atom is -0.381 e. The molecule has 0 amide bonds. The number of halogens is 1. The Balaban J connectivity index is 1.61.